The molecule has 1 aromatic rings. The second-order valence-electron chi connectivity index (χ2n) is 6.44. The van der Waals surface area contributed by atoms with Gasteiger partial charge < -0.3 is 10.1 Å². The molecule has 2 aliphatic heterocycles. The number of amides is 1. The highest BCUT2D eigenvalue weighted by molar-refractivity contribution is 7.09. The molecule has 0 aromatic carbocycles. The average Bonchev–Trinajstić information content (AvgIpc) is 3.00. The van der Waals surface area contributed by atoms with Crippen LogP contribution in [-0.2, 0) is 16.1 Å². The van der Waals surface area contributed by atoms with E-state index in [4.69, 9.17) is 4.74 Å². The van der Waals surface area contributed by atoms with Crippen LogP contribution >= 0.6 is 11.3 Å². The molecule has 21 heavy (non-hydrogen) atoms. The van der Waals surface area contributed by atoms with Gasteiger partial charge in [-0.1, -0.05) is 0 Å². The van der Waals surface area contributed by atoms with E-state index in [1.54, 1.807) is 11.3 Å². The van der Waals surface area contributed by atoms with Crippen LogP contribution in [0.3, 0.4) is 0 Å². The predicted molar refractivity (Wildman–Crippen MR) is 80.0 cm³/mol. The van der Waals surface area contributed by atoms with Crippen LogP contribution in [0, 0.1) is 5.41 Å². The standard InChI is InChI=1S/C15H21N3O2S/c19-14(17-11-1-2-11)15-4-7-20-12(15)3-6-18(10-15)9-13-16-5-8-21-13/h5,8,11-12H,1-4,6-7,9-10H2,(H,17,19)/t12-,15-/m1/s1. The molecule has 0 bridgehead atoms. The summed E-state index contributed by atoms with van der Waals surface area (Å²) in [6.07, 6.45) is 6.02. The van der Waals surface area contributed by atoms with Crippen molar-refractivity contribution in [1.29, 1.82) is 0 Å². The average molecular weight is 307 g/mol. The number of carbonyl (C=O) groups excluding carboxylic acids is 1. The fourth-order valence-corrected chi connectivity index (χ4v) is 4.23. The number of thiazole rings is 1. The van der Waals surface area contributed by atoms with Crippen molar-refractivity contribution in [2.24, 2.45) is 5.41 Å². The number of ether oxygens (including phenoxy) is 1. The summed E-state index contributed by atoms with van der Waals surface area (Å²) in [6.45, 7) is 3.36. The monoisotopic (exact) mass is 307 g/mol. The number of nitrogens with zero attached hydrogens (tertiary/aromatic N) is 2. The SMILES string of the molecule is O=C(NC1CC1)[C@@]12CCO[C@@H]1CCN(Cc1nccs1)C2. The molecular formula is C15H21N3O2S. The molecule has 0 spiro atoms. The molecule has 1 aromatic heterocycles. The fourth-order valence-electron chi connectivity index (χ4n) is 3.57. The summed E-state index contributed by atoms with van der Waals surface area (Å²) in [5.41, 5.74) is -0.335. The van der Waals surface area contributed by atoms with E-state index < -0.39 is 0 Å². The van der Waals surface area contributed by atoms with E-state index in [1.165, 1.54) is 0 Å². The first kappa shape index (κ1) is 13.7. The van der Waals surface area contributed by atoms with E-state index in [1.807, 2.05) is 11.6 Å². The van der Waals surface area contributed by atoms with Crippen molar-refractivity contribution in [1.82, 2.24) is 15.2 Å². The van der Waals surface area contributed by atoms with Gasteiger partial charge in [-0.05, 0) is 25.7 Å². The minimum absolute atomic E-state index is 0.101. The van der Waals surface area contributed by atoms with Crippen molar-refractivity contribution in [3.8, 4) is 0 Å². The van der Waals surface area contributed by atoms with Gasteiger partial charge in [-0.3, -0.25) is 9.69 Å². The van der Waals surface area contributed by atoms with Crippen LogP contribution in [0.1, 0.15) is 30.7 Å². The first-order valence-corrected chi connectivity index (χ1v) is 8.67. The summed E-state index contributed by atoms with van der Waals surface area (Å²) in [6, 6.07) is 0.419. The van der Waals surface area contributed by atoms with Crippen LogP contribution in [0.2, 0.25) is 0 Å². The Labute approximate surface area is 128 Å². The number of hydrogen-bond acceptors (Lipinski definition) is 5. The summed E-state index contributed by atoms with van der Waals surface area (Å²) in [4.78, 5) is 19.5. The highest BCUT2D eigenvalue weighted by atomic mass is 32.1. The van der Waals surface area contributed by atoms with E-state index in [9.17, 15) is 4.79 Å². The molecule has 1 saturated carbocycles. The Kier molecular flexibility index (Phi) is 3.47. The molecule has 2 saturated heterocycles. The fraction of sp³-hybridized carbons (Fsp3) is 0.733. The number of aromatic nitrogens is 1. The third-order valence-electron chi connectivity index (χ3n) is 4.90. The van der Waals surface area contributed by atoms with Crippen LogP contribution in [0.5, 0.6) is 0 Å². The predicted octanol–water partition coefficient (Wildman–Crippen LogP) is 1.40. The van der Waals surface area contributed by atoms with Gasteiger partial charge in [0.1, 0.15) is 5.01 Å². The molecule has 114 valence electrons. The number of carbonyl (C=O) groups is 1. The van der Waals surface area contributed by atoms with E-state index in [0.29, 0.717) is 12.6 Å². The van der Waals surface area contributed by atoms with E-state index in [0.717, 1.165) is 50.3 Å². The molecule has 0 radical (unpaired) electrons. The van der Waals surface area contributed by atoms with Gasteiger partial charge in [-0.2, -0.15) is 0 Å². The number of nitrogens with one attached hydrogen (secondary N) is 1. The molecule has 3 heterocycles. The Balaban J connectivity index is 1.49. The summed E-state index contributed by atoms with van der Waals surface area (Å²) in [7, 11) is 0. The minimum atomic E-state index is -0.335. The first-order valence-electron chi connectivity index (χ1n) is 7.79. The zero-order valence-corrected chi connectivity index (χ0v) is 12.9. The Bertz CT molecular complexity index is 517. The lowest BCUT2D eigenvalue weighted by Crippen LogP contribution is -2.57. The van der Waals surface area contributed by atoms with Gasteiger partial charge in [0, 0.05) is 37.3 Å². The second kappa shape index (κ2) is 5.34. The van der Waals surface area contributed by atoms with Gasteiger partial charge in [-0.15, -0.1) is 11.3 Å². The largest absolute Gasteiger partial charge is 0.377 e. The van der Waals surface area contributed by atoms with Crippen LogP contribution in [0.25, 0.3) is 0 Å². The summed E-state index contributed by atoms with van der Waals surface area (Å²) >= 11 is 1.69. The molecule has 0 unspecified atom stereocenters. The molecule has 2 atom stereocenters. The first-order chi connectivity index (χ1) is 10.3. The maximum atomic E-state index is 12.8. The normalized spacial score (nSPS) is 32.9. The summed E-state index contributed by atoms with van der Waals surface area (Å²) in [5.74, 6) is 0.219. The molecule has 1 N–H and O–H groups in total. The minimum Gasteiger partial charge on any atom is -0.377 e. The van der Waals surface area contributed by atoms with Crippen molar-refractivity contribution >= 4 is 17.2 Å². The highest BCUT2D eigenvalue weighted by Crippen LogP contribution is 2.42. The maximum Gasteiger partial charge on any atom is 0.230 e. The van der Waals surface area contributed by atoms with Crippen LogP contribution in [-0.4, -0.2) is 47.6 Å². The zero-order valence-electron chi connectivity index (χ0n) is 12.1. The van der Waals surface area contributed by atoms with Gasteiger partial charge in [0.25, 0.3) is 0 Å². The zero-order chi connectivity index (χ0) is 14.3. The lowest BCUT2D eigenvalue weighted by atomic mass is 9.75. The summed E-state index contributed by atoms with van der Waals surface area (Å²) < 4.78 is 5.87. The number of piperidine rings is 1. The third-order valence-corrected chi connectivity index (χ3v) is 5.67. The van der Waals surface area contributed by atoms with E-state index in [2.05, 4.69) is 15.2 Å². The van der Waals surface area contributed by atoms with E-state index in [-0.39, 0.29) is 17.4 Å². The van der Waals surface area contributed by atoms with Crippen LogP contribution in [0.15, 0.2) is 11.6 Å². The van der Waals surface area contributed by atoms with Gasteiger partial charge in [0.15, 0.2) is 0 Å². The van der Waals surface area contributed by atoms with Gasteiger partial charge in [0.05, 0.1) is 18.1 Å². The van der Waals surface area contributed by atoms with Crippen molar-refractivity contribution < 1.29 is 9.53 Å². The maximum absolute atomic E-state index is 12.8. The highest BCUT2D eigenvalue weighted by Gasteiger charge is 2.53. The second-order valence-corrected chi connectivity index (χ2v) is 7.42. The third kappa shape index (κ3) is 2.60. The lowest BCUT2D eigenvalue weighted by molar-refractivity contribution is -0.139. The summed E-state index contributed by atoms with van der Waals surface area (Å²) in [5, 5.41) is 6.35. The number of likely N-dealkylation sites (tertiary alicyclic amines) is 1. The van der Waals surface area contributed by atoms with Gasteiger partial charge in [-0.25, -0.2) is 4.98 Å². The molecule has 5 nitrogen and oxygen atoms in total. The smallest absolute Gasteiger partial charge is 0.230 e. The number of fused-ring (bicyclic) bond motifs is 1. The molecule has 3 fully saturated rings. The molecule has 4 rings (SSSR count). The van der Waals surface area contributed by atoms with Crippen LogP contribution < -0.4 is 5.32 Å². The van der Waals surface area contributed by atoms with Crippen molar-refractivity contribution in [3.63, 3.8) is 0 Å². The Hall–Kier alpha value is -0.980. The Morgan fingerprint density at radius 2 is 2.43 bits per heavy atom. The Morgan fingerprint density at radius 3 is 3.19 bits per heavy atom. The molecular weight excluding hydrogens is 286 g/mol. The van der Waals surface area contributed by atoms with Crippen LogP contribution in [0.4, 0.5) is 0 Å². The number of hydrogen-bond donors (Lipinski definition) is 1. The van der Waals surface area contributed by atoms with Gasteiger partial charge >= 0.3 is 0 Å². The van der Waals surface area contributed by atoms with E-state index >= 15 is 0 Å². The quantitative estimate of drug-likeness (QED) is 0.913. The topological polar surface area (TPSA) is 54.5 Å². The molecule has 1 aliphatic carbocycles. The Morgan fingerprint density at radius 1 is 1.52 bits per heavy atom. The van der Waals surface area contributed by atoms with Crippen molar-refractivity contribution in [2.75, 3.05) is 19.7 Å². The lowest BCUT2D eigenvalue weighted by Gasteiger charge is -2.42. The van der Waals surface area contributed by atoms with Gasteiger partial charge in [0.2, 0.25) is 5.91 Å². The molecule has 1 amide bonds. The molecule has 6 heteroatoms. The molecule has 3 aliphatic rings. The van der Waals surface area contributed by atoms with Crippen molar-refractivity contribution in [3.05, 3.63) is 16.6 Å². The number of rotatable bonds is 4. The van der Waals surface area contributed by atoms with Crippen molar-refractivity contribution in [2.45, 2.75) is 44.4 Å².